The third-order valence-corrected chi connectivity index (χ3v) is 6.21. The molecule has 0 fully saturated rings. The summed E-state index contributed by atoms with van der Waals surface area (Å²) in [6.07, 6.45) is 0. The molecule has 0 aliphatic heterocycles. The molecule has 0 heterocycles. The second-order valence-electron chi connectivity index (χ2n) is 4.20. The second-order valence-corrected chi connectivity index (χ2v) is 8.47. The van der Waals surface area contributed by atoms with Crippen LogP contribution in [0.15, 0.2) is 54.7 Å². The van der Waals surface area contributed by atoms with Crippen molar-refractivity contribution in [3.63, 3.8) is 0 Å². The van der Waals surface area contributed by atoms with Crippen LogP contribution in [-0.4, -0.2) is 8.42 Å². The highest BCUT2D eigenvalue weighted by atomic mass is 79.9. The molecule has 0 amide bonds. The molecule has 8 heteroatoms. The van der Waals surface area contributed by atoms with Gasteiger partial charge in [0.05, 0.1) is 5.69 Å². The number of hydrogen-bond acceptors (Lipinski definition) is 3. The minimum Gasteiger partial charge on any atom is -0.326 e. The van der Waals surface area contributed by atoms with Gasteiger partial charge in [0.25, 0.3) is 10.0 Å². The Morgan fingerprint density at radius 3 is 2.33 bits per heavy atom. The third-order valence-electron chi connectivity index (χ3n) is 2.70. The third kappa shape index (κ3) is 4.07. The van der Waals surface area contributed by atoms with E-state index in [1.807, 2.05) is 0 Å². The molecule has 0 saturated carbocycles. The lowest BCUT2D eigenvalue weighted by molar-refractivity contribution is 0.600. The molecule has 2 aromatic rings. The number of rotatable bonds is 4. The Labute approximate surface area is 148 Å². The molecule has 3 N–H and O–H groups in total. The fourth-order valence-corrected chi connectivity index (χ4v) is 5.02. The second kappa shape index (κ2) is 6.78. The van der Waals surface area contributed by atoms with Crippen LogP contribution in [0.2, 0.25) is 0 Å². The van der Waals surface area contributed by atoms with Gasteiger partial charge in [0.2, 0.25) is 0 Å². The highest BCUT2D eigenvalue weighted by Crippen LogP contribution is 2.30. The molecule has 0 saturated heterocycles. The summed E-state index contributed by atoms with van der Waals surface area (Å²) in [7, 11) is -3.71. The average molecular weight is 499 g/mol. The van der Waals surface area contributed by atoms with E-state index in [1.54, 1.807) is 36.4 Å². The molecule has 0 aliphatic rings. The zero-order valence-electron chi connectivity index (χ0n) is 10.6. The molecule has 0 radical (unpaired) electrons. The van der Waals surface area contributed by atoms with Crippen molar-refractivity contribution in [1.29, 1.82) is 0 Å². The van der Waals surface area contributed by atoms with Crippen LogP contribution in [0.3, 0.4) is 0 Å². The van der Waals surface area contributed by atoms with Crippen molar-refractivity contribution < 1.29 is 8.42 Å². The Kier molecular flexibility index (Phi) is 5.48. The molecular formula is C13H11Br3N2O2S. The molecule has 2 rings (SSSR count). The van der Waals surface area contributed by atoms with Gasteiger partial charge in [-0.3, -0.25) is 4.72 Å². The topological polar surface area (TPSA) is 72.2 Å². The lowest BCUT2D eigenvalue weighted by Gasteiger charge is -2.12. The van der Waals surface area contributed by atoms with Crippen molar-refractivity contribution in [1.82, 2.24) is 0 Å². The average Bonchev–Trinajstić information content (AvgIpc) is 2.42. The van der Waals surface area contributed by atoms with Gasteiger partial charge in [0.15, 0.2) is 0 Å². The van der Waals surface area contributed by atoms with E-state index >= 15 is 0 Å². The SMILES string of the molecule is NCc1ccc(Br)c(S(=O)(=O)Nc2ccc(Br)cc2Br)c1. The largest absolute Gasteiger partial charge is 0.326 e. The molecule has 0 unspecified atom stereocenters. The van der Waals surface area contributed by atoms with Gasteiger partial charge in [-0.1, -0.05) is 22.0 Å². The Bertz CT molecular complexity index is 779. The Hall–Kier alpha value is -0.410. The van der Waals surface area contributed by atoms with Gasteiger partial charge in [-0.25, -0.2) is 8.42 Å². The maximum Gasteiger partial charge on any atom is 0.263 e. The molecule has 0 aromatic heterocycles. The monoisotopic (exact) mass is 496 g/mol. The summed E-state index contributed by atoms with van der Waals surface area (Å²) in [5.74, 6) is 0. The number of sulfonamides is 1. The lowest BCUT2D eigenvalue weighted by atomic mass is 10.2. The summed E-state index contributed by atoms with van der Waals surface area (Å²) in [5.41, 5.74) is 6.77. The Morgan fingerprint density at radius 2 is 1.71 bits per heavy atom. The fourth-order valence-electron chi connectivity index (χ4n) is 1.65. The van der Waals surface area contributed by atoms with Crippen LogP contribution in [0.1, 0.15) is 5.56 Å². The van der Waals surface area contributed by atoms with E-state index in [1.165, 1.54) is 0 Å². The number of hydrogen-bond donors (Lipinski definition) is 2. The molecule has 112 valence electrons. The fraction of sp³-hybridized carbons (Fsp3) is 0.0769. The molecular weight excluding hydrogens is 488 g/mol. The number of benzene rings is 2. The number of anilines is 1. The van der Waals surface area contributed by atoms with Gasteiger partial charge in [0.1, 0.15) is 4.90 Å². The van der Waals surface area contributed by atoms with Crippen LogP contribution in [0, 0.1) is 0 Å². The van der Waals surface area contributed by atoms with E-state index in [-0.39, 0.29) is 11.4 Å². The van der Waals surface area contributed by atoms with Crippen molar-refractivity contribution in [3.05, 3.63) is 55.4 Å². The van der Waals surface area contributed by atoms with Crippen molar-refractivity contribution in [3.8, 4) is 0 Å². The maximum absolute atomic E-state index is 12.5. The molecule has 21 heavy (non-hydrogen) atoms. The lowest BCUT2D eigenvalue weighted by Crippen LogP contribution is -2.14. The van der Waals surface area contributed by atoms with E-state index < -0.39 is 10.0 Å². The summed E-state index contributed by atoms with van der Waals surface area (Å²) < 4.78 is 29.6. The summed E-state index contributed by atoms with van der Waals surface area (Å²) in [5, 5.41) is 0. The van der Waals surface area contributed by atoms with Crippen LogP contribution in [0.4, 0.5) is 5.69 Å². The zero-order chi connectivity index (χ0) is 15.6. The highest BCUT2D eigenvalue weighted by Gasteiger charge is 2.19. The first-order chi connectivity index (χ1) is 9.83. The Balaban J connectivity index is 2.43. The first-order valence-corrected chi connectivity index (χ1v) is 9.66. The van der Waals surface area contributed by atoms with Gasteiger partial charge >= 0.3 is 0 Å². The first kappa shape index (κ1) is 17.0. The molecule has 0 spiro atoms. The smallest absolute Gasteiger partial charge is 0.263 e. The van der Waals surface area contributed by atoms with Gasteiger partial charge < -0.3 is 5.73 Å². The van der Waals surface area contributed by atoms with Crippen molar-refractivity contribution in [2.75, 3.05) is 4.72 Å². The predicted octanol–water partition coefficient (Wildman–Crippen LogP) is 4.23. The number of nitrogens with one attached hydrogen (secondary N) is 1. The molecule has 0 bridgehead atoms. The van der Waals surface area contributed by atoms with Gasteiger partial charge in [-0.05, 0) is 67.8 Å². The quantitative estimate of drug-likeness (QED) is 0.662. The van der Waals surface area contributed by atoms with Crippen molar-refractivity contribution in [2.24, 2.45) is 5.73 Å². The molecule has 0 atom stereocenters. The first-order valence-electron chi connectivity index (χ1n) is 5.80. The van der Waals surface area contributed by atoms with E-state index in [2.05, 4.69) is 52.5 Å². The number of halogens is 3. The van der Waals surface area contributed by atoms with E-state index in [4.69, 9.17) is 5.73 Å². The van der Waals surface area contributed by atoms with Gasteiger partial charge in [0, 0.05) is 20.0 Å². The molecule has 2 aromatic carbocycles. The van der Waals surface area contributed by atoms with E-state index in [0.29, 0.717) is 14.6 Å². The van der Waals surface area contributed by atoms with Gasteiger partial charge in [-0.2, -0.15) is 0 Å². The van der Waals surface area contributed by atoms with Crippen molar-refractivity contribution >= 4 is 63.5 Å². The standard InChI is InChI=1S/C13H11Br3N2O2S/c14-9-2-4-12(11(16)6-9)18-21(19,20)13-5-8(7-17)1-3-10(13)15/h1-6,18H,7,17H2. The van der Waals surface area contributed by atoms with E-state index in [0.717, 1.165) is 10.0 Å². The summed E-state index contributed by atoms with van der Waals surface area (Å²) in [6, 6.07) is 10.2. The highest BCUT2D eigenvalue weighted by molar-refractivity contribution is 9.11. The molecule has 4 nitrogen and oxygen atoms in total. The zero-order valence-corrected chi connectivity index (χ0v) is 16.2. The van der Waals surface area contributed by atoms with Crippen LogP contribution < -0.4 is 10.5 Å². The minimum absolute atomic E-state index is 0.153. The van der Waals surface area contributed by atoms with Crippen molar-refractivity contribution in [2.45, 2.75) is 11.4 Å². The molecule has 0 aliphatic carbocycles. The maximum atomic E-state index is 12.5. The van der Waals surface area contributed by atoms with Crippen LogP contribution >= 0.6 is 47.8 Å². The van der Waals surface area contributed by atoms with Crippen LogP contribution in [0.5, 0.6) is 0 Å². The summed E-state index contributed by atoms with van der Waals surface area (Å²) in [4.78, 5) is 0.153. The predicted molar refractivity (Wildman–Crippen MR) is 94.7 cm³/mol. The summed E-state index contributed by atoms with van der Waals surface area (Å²) in [6.45, 7) is 0.276. The minimum atomic E-state index is -3.71. The van der Waals surface area contributed by atoms with Crippen LogP contribution in [-0.2, 0) is 16.6 Å². The summed E-state index contributed by atoms with van der Waals surface area (Å²) >= 11 is 9.91. The van der Waals surface area contributed by atoms with Gasteiger partial charge in [-0.15, -0.1) is 0 Å². The normalized spacial score (nSPS) is 11.4. The number of nitrogens with two attached hydrogens (primary N) is 1. The van der Waals surface area contributed by atoms with E-state index in [9.17, 15) is 8.42 Å². The van der Waals surface area contributed by atoms with Crippen LogP contribution in [0.25, 0.3) is 0 Å². The Morgan fingerprint density at radius 1 is 1.00 bits per heavy atom.